The Bertz CT molecular complexity index is 509. The first kappa shape index (κ1) is 13.5. The van der Waals surface area contributed by atoms with Crippen molar-refractivity contribution in [3.05, 3.63) is 35.1 Å². The van der Waals surface area contributed by atoms with Crippen LogP contribution in [0.2, 0.25) is 0 Å². The van der Waals surface area contributed by atoms with E-state index in [1.807, 2.05) is 0 Å². The fraction of sp³-hybridized carbons (Fsp3) is 0.533. The Balaban J connectivity index is 1.64. The molecule has 108 valence electrons. The quantitative estimate of drug-likeness (QED) is 0.912. The second-order valence-corrected chi connectivity index (χ2v) is 5.65. The molecule has 0 radical (unpaired) electrons. The first-order valence-corrected chi connectivity index (χ1v) is 7.11. The number of aromatic carboxylic acids is 1. The summed E-state index contributed by atoms with van der Waals surface area (Å²) in [6.07, 6.45) is 2.64. The van der Waals surface area contributed by atoms with Crippen molar-refractivity contribution in [3.8, 4) is 0 Å². The molecule has 1 aromatic carbocycles. The molecule has 0 atom stereocenters. The van der Waals surface area contributed by atoms with Crippen LogP contribution in [-0.2, 0) is 6.54 Å². The van der Waals surface area contributed by atoms with Crippen molar-refractivity contribution in [2.45, 2.75) is 25.4 Å². The Kier molecular flexibility index (Phi) is 3.72. The maximum Gasteiger partial charge on any atom is 0.336 e. The lowest BCUT2D eigenvalue weighted by molar-refractivity contribution is 0.0692. The zero-order valence-corrected chi connectivity index (χ0v) is 11.4. The maximum absolute atomic E-state index is 13.1. The van der Waals surface area contributed by atoms with Gasteiger partial charge in [0.25, 0.3) is 0 Å². The third kappa shape index (κ3) is 2.99. The zero-order chi connectivity index (χ0) is 14.1. The maximum atomic E-state index is 13.1. The molecule has 2 fully saturated rings. The summed E-state index contributed by atoms with van der Waals surface area (Å²) in [5.41, 5.74) is 0.772. The van der Waals surface area contributed by atoms with E-state index in [1.54, 1.807) is 6.07 Å². The van der Waals surface area contributed by atoms with Gasteiger partial charge in [0.1, 0.15) is 5.82 Å². The zero-order valence-electron chi connectivity index (χ0n) is 11.4. The molecule has 0 unspecified atom stereocenters. The minimum atomic E-state index is -1.06. The normalized spacial score (nSPS) is 21.1. The molecule has 2 aliphatic rings. The molecule has 0 aromatic heterocycles. The predicted molar refractivity (Wildman–Crippen MR) is 73.2 cm³/mol. The van der Waals surface area contributed by atoms with Crippen LogP contribution < -0.4 is 0 Å². The number of piperazine rings is 1. The molecule has 0 spiro atoms. The molecule has 1 aromatic rings. The number of carboxylic acid groups (broad SMARTS) is 1. The number of rotatable bonds is 4. The van der Waals surface area contributed by atoms with Crippen LogP contribution in [0.3, 0.4) is 0 Å². The van der Waals surface area contributed by atoms with E-state index in [-0.39, 0.29) is 5.56 Å². The van der Waals surface area contributed by atoms with Gasteiger partial charge in [-0.1, -0.05) is 6.07 Å². The second-order valence-electron chi connectivity index (χ2n) is 5.65. The summed E-state index contributed by atoms with van der Waals surface area (Å²) in [7, 11) is 0. The molecule has 1 heterocycles. The van der Waals surface area contributed by atoms with E-state index in [1.165, 1.54) is 18.9 Å². The lowest BCUT2D eigenvalue weighted by atomic mass is 10.1. The van der Waals surface area contributed by atoms with Gasteiger partial charge in [-0.25, -0.2) is 9.18 Å². The highest BCUT2D eigenvalue weighted by atomic mass is 19.1. The summed E-state index contributed by atoms with van der Waals surface area (Å²) in [6, 6.07) is 4.82. The summed E-state index contributed by atoms with van der Waals surface area (Å²) in [6.45, 7) is 4.59. The van der Waals surface area contributed by atoms with Crippen molar-refractivity contribution in [2.24, 2.45) is 0 Å². The molecular weight excluding hydrogens is 259 g/mol. The minimum absolute atomic E-state index is 0.0784. The lowest BCUT2D eigenvalue weighted by Crippen LogP contribution is -2.46. The number of hydrogen-bond donors (Lipinski definition) is 1. The van der Waals surface area contributed by atoms with E-state index in [9.17, 15) is 9.18 Å². The van der Waals surface area contributed by atoms with E-state index in [2.05, 4.69) is 9.80 Å². The van der Waals surface area contributed by atoms with E-state index >= 15 is 0 Å². The van der Waals surface area contributed by atoms with Crippen LogP contribution in [0.1, 0.15) is 28.8 Å². The van der Waals surface area contributed by atoms with Crippen LogP contribution in [0.15, 0.2) is 18.2 Å². The van der Waals surface area contributed by atoms with Gasteiger partial charge in [0.15, 0.2) is 0 Å². The van der Waals surface area contributed by atoms with Gasteiger partial charge in [0, 0.05) is 38.8 Å². The van der Waals surface area contributed by atoms with Gasteiger partial charge >= 0.3 is 5.97 Å². The molecule has 5 heteroatoms. The van der Waals surface area contributed by atoms with Crippen molar-refractivity contribution in [2.75, 3.05) is 26.2 Å². The van der Waals surface area contributed by atoms with Crippen LogP contribution in [-0.4, -0.2) is 53.1 Å². The minimum Gasteiger partial charge on any atom is -0.478 e. The van der Waals surface area contributed by atoms with E-state index < -0.39 is 11.8 Å². The molecular formula is C15H19FN2O2. The molecule has 20 heavy (non-hydrogen) atoms. The van der Waals surface area contributed by atoms with Gasteiger partial charge in [0.2, 0.25) is 0 Å². The smallest absolute Gasteiger partial charge is 0.336 e. The first-order valence-electron chi connectivity index (χ1n) is 7.11. The fourth-order valence-corrected chi connectivity index (χ4v) is 2.85. The number of nitrogens with zero attached hydrogens (tertiary/aromatic N) is 2. The molecule has 1 aliphatic heterocycles. The van der Waals surface area contributed by atoms with Gasteiger partial charge in [-0.3, -0.25) is 9.80 Å². The average Bonchev–Trinajstić information content (AvgIpc) is 3.26. The van der Waals surface area contributed by atoms with Crippen LogP contribution >= 0.6 is 0 Å². The van der Waals surface area contributed by atoms with Crippen LogP contribution in [0, 0.1) is 5.82 Å². The second kappa shape index (κ2) is 5.50. The fourth-order valence-electron chi connectivity index (χ4n) is 2.85. The number of hydrogen-bond acceptors (Lipinski definition) is 3. The Hall–Kier alpha value is -1.46. The summed E-state index contributed by atoms with van der Waals surface area (Å²) in [5.74, 6) is -1.55. The van der Waals surface area contributed by atoms with E-state index in [0.29, 0.717) is 12.1 Å². The highest BCUT2D eigenvalue weighted by Gasteiger charge is 2.31. The van der Waals surface area contributed by atoms with Crippen molar-refractivity contribution in [3.63, 3.8) is 0 Å². The summed E-state index contributed by atoms with van der Waals surface area (Å²) < 4.78 is 13.1. The van der Waals surface area contributed by atoms with Crippen molar-refractivity contribution >= 4 is 5.97 Å². The Labute approximate surface area is 117 Å². The predicted octanol–water partition coefficient (Wildman–Crippen LogP) is 1.80. The molecule has 1 N–H and O–H groups in total. The van der Waals surface area contributed by atoms with Crippen LogP contribution in [0.25, 0.3) is 0 Å². The van der Waals surface area contributed by atoms with E-state index in [0.717, 1.165) is 38.3 Å². The third-order valence-corrected chi connectivity index (χ3v) is 4.17. The van der Waals surface area contributed by atoms with Crippen molar-refractivity contribution in [1.82, 2.24) is 9.80 Å². The topological polar surface area (TPSA) is 43.8 Å². The molecule has 3 rings (SSSR count). The first-order chi connectivity index (χ1) is 9.63. The SMILES string of the molecule is O=C(O)c1cc(F)ccc1CN1CCN(C2CC2)CC1. The number of carboxylic acids is 1. The van der Waals surface area contributed by atoms with Gasteiger partial charge in [-0.2, -0.15) is 0 Å². The summed E-state index contributed by atoms with van der Waals surface area (Å²) >= 11 is 0. The lowest BCUT2D eigenvalue weighted by Gasteiger charge is -2.35. The largest absolute Gasteiger partial charge is 0.478 e. The highest BCUT2D eigenvalue weighted by Crippen LogP contribution is 2.27. The van der Waals surface area contributed by atoms with Crippen molar-refractivity contribution < 1.29 is 14.3 Å². The van der Waals surface area contributed by atoms with Gasteiger partial charge in [0.05, 0.1) is 5.56 Å². The summed E-state index contributed by atoms with van der Waals surface area (Å²) in [5, 5.41) is 9.15. The summed E-state index contributed by atoms with van der Waals surface area (Å²) in [4.78, 5) is 15.9. The Morgan fingerprint density at radius 2 is 1.95 bits per heavy atom. The Morgan fingerprint density at radius 1 is 1.25 bits per heavy atom. The number of halogens is 1. The Morgan fingerprint density at radius 3 is 2.55 bits per heavy atom. The van der Waals surface area contributed by atoms with Crippen molar-refractivity contribution in [1.29, 1.82) is 0 Å². The molecule has 0 bridgehead atoms. The monoisotopic (exact) mass is 278 g/mol. The highest BCUT2D eigenvalue weighted by molar-refractivity contribution is 5.89. The average molecular weight is 278 g/mol. The van der Waals surface area contributed by atoms with Crippen LogP contribution in [0.4, 0.5) is 4.39 Å². The third-order valence-electron chi connectivity index (χ3n) is 4.17. The molecule has 1 aliphatic carbocycles. The molecule has 1 saturated heterocycles. The van der Waals surface area contributed by atoms with Gasteiger partial charge in [-0.15, -0.1) is 0 Å². The van der Waals surface area contributed by atoms with Crippen LogP contribution in [0.5, 0.6) is 0 Å². The molecule has 1 saturated carbocycles. The number of benzene rings is 1. The van der Waals surface area contributed by atoms with Gasteiger partial charge < -0.3 is 5.11 Å². The molecule has 0 amide bonds. The number of carbonyl (C=O) groups is 1. The van der Waals surface area contributed by atoms with E-state index in [4.69, 9.17) is 5.11 Å². The van der Waals surface area contributed by atoms with Gasteiger partial charge in [-0.05, 0) is 30.5 Å². The standard InChI is InChI=1S/C15H19FN2O2/c16-12-2-1-11(14(9-12)15(19)20)10-17-5-7-18(8-6-17)13-3-4-13/h1-2,9,13H,3-8,10H2,(H,19,20). The molecule has 4 nitrogen and oxygen atoms in total.